The molecule has 2 aliphatic rings. The van der Waals surface area contributed by atoms with Crippen molar-refractivity contribution in [1.29, 1.82) is 5.26 Å². The van der Waals surface area contributed by atoms with Crippen molar-refractivity contribution >= 4 is 5.91 Å². The van der Waals surface area contributed by atoms with Crippen LogP contribution >= 0.6 is 0 Å². The summed E-state index contributed by atoms with van der Waals surface area (Å²) in [5.41, 5.74) is -3.35. The molecular weight excluding hydrogens is 307 g/mol. The Morgan fingerprint density at radius 3 is 2.48 bits per heavy atom. The summed E-state index contributed by atoms with van der Waals surface area (Å²) in [6, 6.07) is 8.75. The summed E-state index contributed by atoms with van der Waals surface area (Å²) in [5.74, 6) is -1.06. The van der Waals surface area contributed by atoms with Crippen molar-refractivity contribution in [3.05, 3.63) is 71.6 Å². The maximum Gasteiger partial charge on any atom is 0.435 e. The summed E-state index contributed by atoms with van der Waals surface area (Å²) in [6.07, 6.45) is 0.604. The fourth-order valence-electron chi connectivity index (χ4n) is 2.71. The molecule has 0 saturated carbocycles. The maximum atomic E-state index is 14.0. The van der Waals surface area contributed by atoms with Crippen LogP contribution in [0.15, 0.2) is 66.0 Å². The first-order valence-corrected chi connectivity index (χ1v) is 6.65. The van der Waals surface area contributed by atoms with Crippen LogP contribution in [0.25, 0.3) is 0 Å². The molecule has 23 heavy (non-hydrogen) atoms. The number of allylic oxidation sites excluding steroid dienone is 3. The second kappa shape index (κ2) is 5.02. The molecule has 1 unspecified atom stereocenters. The van der Waals surface area contributed by atoms with Crippen molar-refractivity contribution in [2.45, 2.75) is 11.8 Å². The van der Waals surface area contributed by atoms with Crippen molar-refractivity contribution in [3.63, 3.8) is 0 Å². The summed E-state index contributed by atoms with van der Waals surface area (Å²) >= 11 is 0. The maximum absolute atomic E-state index is 14.0. The zero-order valence-corrected chi connectivity index (χ0v) is 11.6. The molecule has 0 radical (unpaired) electrons. The highest BCUT2D eigenvalue weighted by atomic mass is 19.4. The lowest BCUT2D eigenvalue weighted by Gasteiger charge is -2.48. The number of fused-ring (bicyclic) bond motifs is 1. The van der Waals surface area contributed by atoms with Crippen LogP contribution < -0.4 is 5.32 Å². The van der Waals surface area contributed by atoms with E-state index in [0.717, 1.165) is 4.90 Å². The highest BCUT2D eigenvalue weighted by molar-refractivity contribution is 6.00. The Morgan fingerprint density at radius 1 is 1.17 bits per heavy atom. The number of halogens is 3. The van der Waals surface area contributed by atoms with Gasteiger partial charge in [-0.2, -0.15) is 18.4 Å². The van der Waals surface area contributed by atoms with Crippen molar-refractivity contribution in [2.24, 2.45) is 0 Å². The molecule has 0 spiro atoms. The molecule has 0 aliphatic carbocycles. The van der Waals surface area contributed by atoms with Gasteiger partial charge in [-0.1, -0.05) is 36.4 Å². The Hall–Kier alpha value is -3.01. The van der Waals surface area contributed by atoms with E-state index in [1.807, 2.05) is 5.32 Å². The van der Waals surface area contributed by atoms with Crippen molar-refractivity contribution in [1.82, 2.24) is 10.2 Å². The Labute approximate surface area is 129 Å². The fourth-order valence-corrected chi connectivity index (χ4v) is 2.71. The molecule has 116 valence electrons. The number of nitriles is 1. The van der Waals surface area contributed by atoms with E-state index in [2.05, 4.69) is 0 Å². The van der Waals surface area contributed by atoms with Gasteiger partial charge >= 0.3 is 6.18 Å². The van der Waals surface area contributed by atoms with Crippen molar-refractivity contribution in [3.8, 4) is 6.07 Å². The largest absolute Gasteiger partial charge is 0.435 e. The third kappa shape index (κ3) is 2.03. The third-order valence-electron chi connectivity index (χ3n) is 3.71. The summed E-state index contributed by atoms with van der Waals surface area (Å²) in [6.45, 7) is 0. The van der Waals surface area contributed by atoms with Crippen LogP contribution in [0.2, 0.25) is 0 Å². The van der Waals surface area contributed by atoms with E-state index in [-0.39, 0.29) is 16.8 Å². The highest BCUT2D eigenvalue weighted by Gasteiger charge is 2.63. The van der Waals surface area contributed by atoms with Gasteiger partial charge in [-0.3, -0.25) is 4.79 Å². The van der Waals surface area contributed by atoms with Gasteiger partial charge in [0.1, 0.15) is 11.6 Å². The average Bonchev–Trinajstić information content (AvgIpc) is 2.54. The van der Waals surface area contributed by atoms with Crippen LogP contribution in [-0.4, -0.2) is 17.0 Å². The quantitative estimate of drug-likeness (QED) is 0.866. The number of amides is 1. The molecule has 2 aliphatic heterocycles. The molecular formula is C16H10F3N3O. The van der Waals surface area contributed by atoms with Gasteiger partial charge in [0, 0.05) is 11.8 Å². The van der Waals surface area contributed by atoms with Gasteiger partial charge in [0.25, 0.3) is 5.91 Å². The molecule has 0 saturated heterocycles. The molecule has 1 aromatic carbocycles. The average molecular weight is 317 g/mol. The monoisotopic (exact) mass is 317 g/mol. The van der Waals surface area contributed by atoms with Gasteiger partial charge in [-0.05, 0) is 12.2 Å². The van der Waals surface area contributed by atoms with Crippen molar-refractivity contribution in [2.75, 3.05) is 0 Å². The summed E-state index contributed by atoms with van der Waals surface area (Å²) in [4.78, 5) is 13.0. The third-order valence-corrected chi connectivity index (χ3v) is 3.71. The number of rotatable bonds is 1. The molecule has 1 N–H and O–H groups in total. The SMILES string of the molecule is N#CC1=C2C=CC=CN2C(c2ccccc2)(C(F)(F)F)NC1=O. The van der Waals surface area contributed by atoms with Gasteiger partial charge < -0.3 is 10.2 Å². The van der Waals surface area contributed by atoms with Gasteiger partial charge in [-0.25, -0.2) is 0 Å². The first-order chi connectivity index (χ1) is 10.9. The summed E-state index contributed by atoms with van der Waals surface area (Å²) < 4.78 is 42.1. The molecule has 3 rings (SSSR count). The second-order valence-corrected chi connectivity index (χ2v) is 4.97. The molecule has 1 aromatic rings. The van der Waals surface area contributed by atoms with E-state index in [1.54, 1.807) is 12.1 Å². The summed E-state index contributed by atoms with van der Waals surface area (Å²) in [7, 11) is 0. The number of benzene rings is 1. The van der Waals surface area contributed by atoms with E-state index < -0.39 is 17.7 Å². The molecule has 4 nitrogen and oxygen atoms in total. The lowest BCUT2D eigenvalue weighted by Crippen LogP contribution is -2.67. The predicted octanol–water partition coefficient (Wildman–Crippen LogP) is 2.69. The topological polar surface area (TPSA) is 56.1 Å². The zero-order valence-electron chi connectivity index (χ0n) is 11.6. The minimum Gasteiger partial charge on any atom is -0.317 e. The molecule has 1 amide bonds. The fraction of sp³-hybridized carbons (Fsp3) is 0.125. The number of nitrogens with one attached hydrogen (secondary N) is 1. The summed E-state index contributed by atoms with van der Waals surface area (Å²) in [5, 5.41) is 11.1. The van der Waals surface area contributed by atoms with Gasteiger partial charge in [0.05, 0.1) is 5.70 Å². The molecule has 0 aromatic heterocycles. The Bertz CT molecular complexity index is 787. The Kier molecular flexibility index (Phi) is 3.25. The van der Waals surface area contributed by atoms with Crippen LogP contribution in [0.4, 0.5) is 13.2 Å². The van der Waals surface area contributed by atoms with Crippen LogP contribution in [0.1, 0.15) is 5.56 Å². The normalized spacial score (nSPS) is 23.4. The molecule has 1 atom stereocenters. The first kappa shape index (κ1) is 14.9. The lowest BCUT2D eigenvalue weighted by molar-refractivity contribution is -0.237. The number of carbonyl (C=O) groups is 1. The van der Waals surface area contributed by atoms with Crippen LogP contribution in [0.5, 0.6) is 0 Å². The first-order valence-electron chi connectivity index (χ1n) is 6.65. The lowest BCUT2D eigenvalue weighted by atomic mass is 9.91. The van der Waals surface area contributed by atoms with E-state index in [0.29, 0.717) is 0 Å². The number of hydrogen-bond acceptors (Lipinski definition) is 3. The number of hydrogen-bond donors (Lipinski definition) is 1. The second-order valence-electron chi connectivity index (χ2n) is 4.97. The number of alkyl halides is 3. The predicted molar refractivity (Wildman–Crippen MR) is 75.1 cm³/mol. The molecule has 2 heterocycles. The van der Waals surface area contributed by atoms with E-state index in [4.69, 9.17) is 5.26 Å². The van der Waals surface area contributed by atoms with Gasteiger partial charge in [0.15, 0.2) is 0 Å². The minimum absolute atomic E-state index is 0.0834. The standard InChI is InChI=1S/C16H10F3N3O/c17-16(18,19)15(11-6-2-1-3-7-11)21-14(23)12(10-20)13-8-4-5-9-22(13)15/h1-9H,(H,21,23). The van der Waals surface area contributed by atoms with Gasteiger partial charge in [0.2, 0.25) is 5.66 Å². The molecule has 7 heteroatoms. The van der Waals surface area contributed by atoms with Crippen LogP contribution in [-0.2, 0) is 10.5 Å². The minimum atomic E-state index is -4.81. The van der Waals surface area contributed by atoms with Crippen molar-refractivity contribution < 1.29 is 18.0 Å². The zero-order chi connectivity index (χ0) is 16.7. The molecule has 0 bridgehead atoms. The molecule has 0 fully saturated rings. The highest BCUT2D eigenvalue weighted by Crippen LogP contribution is 2.47. The van der Waals surface area contributed by atoms with E-state index >= 15 is 0 Å². The Morgan fingerprint density at radius 2 is 1.87 bits per heavy atom. The van der Waals surface area contributed by atoms with Crippen LogP contribution in [0, 0.1) is 11.3 Å². The van der Waals surface area contributed by atoms with Gasteiger partial charge in [-0.15, -0.1) is 0 Å². The number of nitrogens with zero attached hydrogens (tertiary/aromatic N) is 2. The van der Waals surface area contributed by atoms with E-state index in [1.165, 1.54) is 48.7 Å². The van der Waals surface area contributed by atoms with Crippen LogP contribution in [0.3, 0.4) is 0 Å². The Balaban J connectivity index is 2.33. The smallest absolute Gasteiger partial charge is 0.317 e. The van der Waals surface area contributed by atoms with E-state index in [9.17, 15) is 18.0 Å². The number of carbonyl (C=O) groups excluding carboxylic acids is 1.